The van der Waals surface area contributed by atoms with Gasteiger partial charge in [-0.3, -0.25) is 4.79 Å². The number of rotatable bonds is 6. The van der Waals surface area contributed by atoms with Crippen molar-refractivity contribution in [2.75, 3.05) is 32.5 Å². The first-order chi connectivity index (χ1) is 12.4. The minimum atomic E-state index is -3.24. The van der Waals surface area contributed by atoms with Gasteiger partial charge in [-0.2, -0.15) is 4.31 Å². The Morgan fingerprint density at radius 2 is 2.12 bits per heavy atom. The number of carbonyl (C=O) groups excluding carboxylic acids is 1. The van der Waals surface area contributed by atoms with Gasteiger partial charge in [0.15, 0.2) is 0 Å². The Hall–Kier alpha value is -2.37. The van der Waals surface area contributed by atoms with Gasteiger partial charge in [0, 0.05) is 19.6 Å². The van der Waals surface area contributed by atoms with Crippen molar-refractivity contribution in [1.82, 2.24) is 29.8 Å². The van der Waals surface area contributed by atoms with Crippen LogP contribution in [0.1, 0.15) is 5.56 Å². The number of tetrazole rings is 1. The number of hydrogen-bond acceptors (Lipinski definition) is 7. The third-order valence-corrected chi connectivity index (χ3v) is 5.28. The molecular formula is C15H20N6O4S. The van der Waals surface area contributed by atoms with Gasteiger partial charge >= 0.3 is 0 Å². The summed E-state index contributed by atoms with van der Waals surface area (Å²) in [4.78, 5) is 12.1. The predicted octanol–water partition coefficient (Wildman–Crippen LogP) is -1.02. The summed E-state index contributed by atoms with van der Waals surface area (Å²) >= 11 is 0. The average Bonchev–Trinajstić information content (AvgIpc) is 3.15. The lowest BCUT2D eigenvalue weighted by Crippen LogP contribution is -2.49. The van der Waals surface area contributed by atoms with Crippen molar-refractivity contribution >= 4 is 15.9 Å². The largest absolute Gasteiger partial charge is 0.374 e. The van der Waals surface area contributed by atoms with Gasteiger partial charge in [-0.1, -0.05) is 12.1 Å². The van der Waals surface area contributed by atoms with E-state index in [4.69, 9.17) is 4.74 Å². The zero-order chi connectivity index (χ0) is 18.6. The molecule has 1 aromatic carbocycles. The minimum absolute atomic E-state index is 0.153. The summed E-state index contributed by atoms with van der Waals surface area (Å²) in [5.41, 5.74) is 1.65. The van der Waals surface area contributed by atoms with E-state index in [1.54, 1.807) is 0 Å². The van der Waals surface area contributed by atoms with Gasteiger partial charge in [0.2, 0.25) is 15.9 Å². The Morgan fingerprint density at radius 3 is 2.77 bits per heavy atom. The fourth-order valence-corrected chi connectivity index (χ4v) is 3.48. The number of carbonyl (C=O) groups is 1. The van der Waals surface area contributed by atoms with Gasteiger partial charge in [-0.15, -0.1) is 5.10 Å². The highest BCUT2D eigenvalue weighted by molar-refractivity contribution is 7.88. The SMILES string of the molecule is CS(=O)(=O)N1CCOC(CNC(=O)Cc2ccc(-n3cnnn3)cc2)C1. The number of sulfonamides is 1. The quantitative estimate of drug-likeness (QED) is 0.681. The van der Waals surface area contributed by atoms with Crippen LogP contribution in [0.4, 0.5) is 0 Å². The van der Waals surface area contributed by atoms with Crippen molar-refractivity contribution < 1.29 is 17.9 Å². The maximum atomic E-state index is 12.1. The van der Waals surface area contributed by atoms with E-state index < -0.39 is 10.0 Å². The van der Waals surface area contributed by atoms with E-state index in [0.29, 0.717) is 13.2 Å². The Kier molecular flexibility index (Phi) is 5.59. The molecule has 1 saturated heterocycles. The maximum Gasteiger partial charge on any atom is 0.224 e. The zero-order valence-corrected chi connectivity index (χ0v) is 15.1. The van der Waals surface area contributed by atoms with Gasteiger partial charge in [0.1, 0.15) is 6.33 Å². The molecule has 2 aromatic rings. The molecule has 0 saturated carbocycles. The molecule has 0 aliphatic carbocycles. The number of benzene rings is 1. The first-order valence-corrected chi connectivity index (χ1v) is 9.92. The van der Waals surface area contributed by atoms with Gasteiger partial charge in [0.05, 0.1) is 31.1 Å². The fourth-order valence-electron chi connectivity index (χ4n) is 2.64. The number of ether oxygens (including phenoxy) is 1. The van der Waals surface area contributed by atoms with Crippen LogP contribution in [0.25, 0.3) is 5.69 Å². The molecule has 1 fully saturated rings. The fraction of sp³-hybridized carbons (Fsp3) is 0.467. The summed E-state index contributed by atoms with van der Waals surface area (Å²) in [7, 11) is -3.24. The summed E-state index contributed by atoms with van der Waals surface area (Å²) < 4.78 is 31.6. The molecule has 1 aromatic heterocycles. The second kappa shape index (κ2) is 7.89. The summed E-state index contributed by atoms with van der Waals surface area (Å²) in [6.45, 7) is 1.19. The third-order valence-electron chi connectivity index (χ3n) is 4.01. The molecule has 11 heteroatoms. The minimum Gasteiger partial charge on any atom is -0.374 e. The van der Waals surface area contributed by atoms with E-state index in [2.05, 4.69) is 20.8 Å². The molecular weight excluding hydrogens is 360 g/mol. The predicted molar refractivity (Wildman–Crippen MR) is 92.0 cm³/mol. The highest BCUT2D eigenvalue weighted by Gasteiger charge is 2.26. The first-order valence-electron chi connectivity index (χ1n) is 8.07. The molecule has 0 bridgehead atoms. The smallest absolute Gasteiger partial charge is 0.224 e. The summed E-state index contributed by atoms with van der Waals surface area (Å²) in [6, 6.07) is 7.32. The molecule has 1 aliphatic heterocycles. The lowest BCUT2D eigenvalue weighted by molar-refractivity contribution is -0.121. The van der Waals surface area contributed by atoms with Crippen molar-refractivity contribution in [3.63, 3.8) is 0 Å². The van der Waals surface area contributed by atoms with Crippen LogP contribution in [0.5, 0.6) is 0 Å². The molecule has 1 unspecified atom stereocenters. The number of nitrogens with zero attached hydrogens (tertiary/aromatic N) is 5. The normalized spacial score (nSPS) is 18.6. The molecule has 1 amide bonds. The van der Waals surface area contributed by atoms with Crippen LogP contribution < -0.4 is 5.32 Å². The Bertz CT molecular complexity index is 838. The van der Waals surface area contributed by atoms with E-state index in [-0.39, 0.29) is 31.5 Å². The standard InChI is InChI=1S/C15H20N6O4S/c1-26(23,24)20-6-7-25-14(10-20)9-16-15(22)8-12-2-4-13(5-3-12)21-11-17-18-19-21/h2-5,11,14H,6-10H2,1H3,(H,16,22). The van der Waals surface area contributed by atoms with Crippen molar-refractivity contribution in [3.8, 4) is 5.69 Å². The lowest BCUT2D eigenvalue weighted by atomic mass is 10.1. The number of morpholine rings is 1. The number of hydrogen-bond donors (Lipinski definition) is 1. The molecule has 1 atom stereocenters. The van der Waals surface area contributed by atoms with Gasteiger partial charge in [0.25, 0.3) is 0 Å². The van der Waals surface area contributed by atoms with E-state index in [0.717, 1.165) is 11.3 Å². The molecule has 1 N–H and O–H groups in total. The second-order valence-electron chi connectivity index (χ2n) is 6.02. The average molecular weight is 380 g/mol. The molecule has 26 heavy (non-hydrogen) atoms. The van der Waals surface area contributed by atoms with Crippen LogP contribution in [0.3, 0.4) is 0 Å². The van der Waals surface area contributed by atoms with Crippen LogP contribution >= 0.6 is 0 Å². The third kappa shape index (κ3) is 4.84. The van der Waals surface area contributed by atoms with E-state index in [9.17, 15) is 13.2 Å². The van der Waals surface area contributed by atoms with E-state index >= 15 is 0 Å². The molecule has 140 valence electrons. The van der Waals surface area contributed by atoms with Crippen molar-refractivity contribution in [1.29, 1.82) is 0 Å². The van der Waals surface area contributed by atoms with Crippen LogP contribution in [-0.2, 0) is 26.0 Å². The topological polar surface area (TPSA) is 119 Å². The lowest BCUT2D eigenvalue weighted by Gasteiger charge is -2.31. The Balaban J connectivity index is 1.48. The molecule has 0 spiro atoms. The van der Waals surface area contributed by atoms with E-state index in [1.807, 2.05) is 24.3 Å². The van der Waals surface area contributed by atoms with Gasteiger partial charge < -0.3 is 10.1 Å². The summed E-state index contributed by atoms with van der Waals surface area (Å²) in [6.07, 6.45) is 2.54. The zero-order valence-electron chi connectivity index (χ0n) is 14.3. The number of nitrogens with one attached hydrogen (secondary N) is 1. The first kappa shape index (κ1) is 18.4. The molecule has 1 aliphatic rings. The monoisotopic (exact) mass is 380 g/mol. The molecule has 0 radical (unpaired) electrons. The maximum absolute atomic E-state index is 12.1. The van der Waals surface area contributed by atoms with Crippen molar-refractivity contribution in [3.05, 3.63) is 36.2 Å². The Labute approximate surface area is 151 Å². The molecule has 2 heterocycles. The number of aromatic nitrogens is 4. The van der Waals surface area contributed by atoms with E-state index in [1.165, 1.54) is 21.6 Å². The van der Waals surface area contributed by atoms with Crippen molar-refractivity contribution in [2.24, 2.45) is 0 Å². The number of amides is 1. The van der Waals surface area contributed by atoms with Gasteiger partial charge in [-0.25, -0.2) is 13.1 Å². The molecule has 10 nitrogen and oxygen atoms in total. The molecule has 3 rings (SSSR count). The second-order valence-corrected chi connectivity index (χ2v) is 8.00. The highest BCUT2D eigenvalue weighted by Crippen LogP contribution is 2.10. The Morgan fingerprint density at radius 1 is 1.35 bits per heavy atom. The summed E-state index contributed by atoms with van der Waals surface area (Å²) in [5, 5.41) is 13.7. The van der Waals surface area contributed by atoms with Crippen LogP contribution in [0.15, 0.2) is 30.6 Å². The van der Waals surface area contributed by atoms with Gasteiger partial charge in [-0.05, 0) is 28.1 Å². The summed E-state index contributed by atoms with van der Waals surface area (Å²) in [5.74, 6) is -0.153. The van der Waals surface area contributed by atoms with Crippen molar-refractivity contribution in [2.45, 2.75) is 12.5 Å². The van der Waals surface area contributed by atoms with Crippen LogP contribution in [0.2, 0.25) is 0 Å². The van der Waals surface area contributed by atoms with Crippen LogP contribution in [0, 0.1) is 0 Å². The highest BCUT2D eigenvalue weighted by atomic mass is 32.2. The van der Waals surface area contributed by atoms with Crippen LogP contribution in [-0.4, -0.2) is 77.4 Å².